The number of hydrogen-bond acceptors (Lipinski definition) is 1. The SMILES string of the molecule is CC1=C[C@H]2C(=C(C)CC[C@H]2N(C)C)CC1. The van der Waals surface area contributed by atoms with Gasteiger partial charge in [-0.15, -0.1) is 0 Å². The van der Waals surface area contributed by atoms with Gasteiger partial charge in [0.25, 0.3) is 0 Å². The molecule has 0 bridgehead atoms. The molecule has 0 aliphatic heterocycles. The van der Waals surface area contributed by atoms with Crippen molar-refractivity contribution < 1.29 is 0 Å². The molecule has 0 aromatic carbocycles. The molecule has 1 heteroatoms. The van der Waals surface area contributed by atoms with E-state index in [1.807, 2.05) is 0 Å². The van der Waals surface area contributed by atoms with Crippen molar-refractivity contribution >= 4 is 0 Å². The number of allylic oxidation sites excluding steroid dienone is 2. The summed E-state index contributed by atoms with van der Waals surface area (Å²) in [6.45, 7) is 4.62. The van der Waals surface area contributed by atoms with Crippen molar-refractivity contribution in [2.24, 2.45) is 5.92 Å². The van der Waals surface area contributed by atoms with Crippen molar-refractivity contribution in [3.63, 3.8) is 0 Å². The molecule has 0 heterocycles. The molecule has 2 rings (SSSR count). The second kappa shape index (κ2) is 4.13. The quantitative estimate of drug-likeness (QED) is 0.593. The van der Waals surface area contributed by atoms with Crippen LogP contribution in [0.2, 0.25) is 0 Å². The summed E-state index contributed by atoms with van der Waals surface area (Å²) in [5.41, 5.74) is 5.00. The van der Waals surface area contributed by atoms with Crippen molar-refractivity contribution in [1.29, 1.82) is 0 Å². The molecule has 0 aromatic heterocycles. The molecule has 0 unspecified atom stereocenters. The summed E-state index contributed by atoms with van der Waals surface area (Å²) < 4.78 is 0. The van der Waals surface area contributed by atoms with E-state index in [9.17, 15) is 0 Å². The van der Waals surface area contributed by atoms with Gasteiger partial charge in [0.2, 0.25) is 0 Å². The predicted molar refractivity (Wildman–Crippen MR) is 65.9 cm³/mol. The van der Waals surface area contributed by atoms with E-state index < -0.39 is 0 Å². The van der Waals surface area contributed by atoms with Gasteiger partial charge in [-0.1, -0.05) is 22.8 Å². The molecule has 2 aliphatic rings. The smallest absolute Gasteiger partial charge is 0.0193 e. The van der Waals surface area contributed by atoms with Crippen molar-refractivity contribution in [3.05, 3.63) is 22.8 Å². The highest BCUT2D eigenvalue weighted by molar-refractivity contribution is 5.31. The van der Waals surface area contributed by atoms with Crippen LogP contribution in [0.1, 0.15) is 39.5 Å². The van der Waals surface area contributed by atoms with Gasteiger partial charge in [0.1, 0.15) is 0 Å². The predicted octanol–water partition coefficient (Wildman–Crippen LogP) is 3.38. The second-order valence-electron chi connectivity index (χ2n) is 5.41. The number of fused-ring (bicyclic) bond motifs is 1. The molecular weight excluding hydrogens is 182 g/mol. The summed E-state index contributed by atoms with van der Waals surface area (Å²) in [7, 11) is 4.45. The summed E-state index contributed by atoms with van der Waals surface area (Å²) in [4.78, 5) is 2.41. The van der Waals surface area contributed by atoms with Crippen LogP contribution in [0, 0.1) is 5.92 Å². The summed E-state index contributed by atoms with van der Waals surface area (Å²) >= 11 is 0. The monoisotopic (exact) mass is 205 g/mol. The molecule has 0 spiro atoms. The minimum Gasteiger partial charge on any atom is -0.306 e. The molecule has 2 atom stereocenters. The molecule has 0 saturated carbocycles. The van der Waals surface area contributed by atoms with Gasteiger partial charge in [-0.05, 0) is 53.6 Å². The van der Waals surface area contributed by atoms with Crippen LogP contribution in [-0.2, 0) is 0 Å². The third-order valence-electron chi connectivity index (χ3n) is 4.10. The normalized spacial score (nSPS) is 31.7. The summed E-state index contributed by atoms with van der Waals surface area (Å²) in [6.07, 6.45) is 7.75. The first-order valence-corrected chi connectivity index (χ1v) is 6.12. The van der Waals surface area contributed by atoms with Crippen LogP contribution in [0.15, 0.2) is 22.8 Å². The molecular formula is C14H23N. The van der Waals surface area contributed by atoms with E-state index >= 15 is 0 Å². The van der Waals surface area contributed by atoms with E-state index in [4.69, 9.17) is 0 Å². The lowest BCUT2D eigenvalue weighted by molar-refractivity contribution is 0.225. The van der Waals surface area contributed by atoms with Crippen LogP contribution < -0.4 is 0 Å². The maximum atomic E-state index is 2.52. The zero-order chi connectivity index (χ0) is 11.0. The molecule has 0 amide bonds. The Morgan fingerprint density at radius 2 is 1.87 bits per heavy atom. The standard InChI is InChI=1S/C14H23N/c1-10-5-7-12-11(2)6-8-14(15(3)4)13(12)9-10/h9,13-14H,5-8H2,1-4H3/t13-,14+/m0/s1. The van der Waals surface area contributed by atoms with Crippen LogP contribution in [0.5, 0.6) is 0 Å². The Kier molecular flexibility index (Phi) is 3.01. The highest BCUT2D eigenvalue weighted by Crippen LogP contribution is 2.40. The van der Waals surface area contributed by atoms with Gasteiger partial charge in [-0.25, -0.2) is 0 Å². The number of rotatable bonds is 1. The van der Waals surface area contributed by atoms with E-state index in [1.54, 1.807) is 16.7 Å². The fourth-order valence-electron chi connectivity index (χ4n) is 3.11. The highest BCUT2D eigenvalue weighted by atomic mass is 15.1. The van der Waals surface area contributed by atoms with E-state index in [0.29, 0.717) is 5.92 Å². The lowest BCUT2D eigenvalue weighted by Gasteiger charge is -2.39. The van der Waals surface area contributed by atoms with Crippen LogP contribution >= 0.6 is 0 Å². The van der Waals surface area contributed by atoms with Crippen LogP contribution in [-0.4, -0.2) is 25.0 Å². The zero-order valence-corrected chi connectivity index (χ0v) is 10.5. The minimum absolute atomic E-state index is 0.711. The maximum Gasteiger partial charge on any atom is 0.0193 e. The zero-order valence-electron chi connectivity index (χ0n) is 10.5. The third kappa shape index (κ3) is 2.03. The van der Waals surface area contributed by atoms with Gasteiger partial charge in [0.15, 0.2) is 0 Å². The van der Waals surface area contributed by atoms with Crippen LogP contribution in [0.25, 0.3) is 0 Å². The average molecular weight is 205 g/mol. The van der Waals surface area contributed by atoms with Gasteiger partial charge in [0.05, 0.1) is 0 Å². The fourth-order valence-corrected chi connectivity index (χ4v) is 3.11. The maximum absolute atomic E-state index is 2.52. The summed E-state index contributed by atoms with van der Waals surface area (Å²) in [5, 5.41) is 0. The first kappa shape index (κ1) is 10.9. The Morgan fingerprint density at radius 3 is 2.53 bits per heavy atom. The van der Waals surface area contributed by atoms with Crippen molar-refractivity contribution in [2.45, 2.75) is 45.6 Å². The molecule has 0 aromatic rings. The van der Waals surface area contributed by atoms with Gasteiger partial charge in [0, 0.05) is 12.0 Å². The molecule has 0 saturated heterocycles. The Labute approximate surface area is 93.9 Å². The molecule has 15 heavy (non-hydrogen) atoms. The van der Waals surface area contributed by atoms with E-state index in [-0.39, 0.29) is 0 Å². The van der Waals surface area contributed by atoms with E-state index in [2.05, 4.69) is 38.9 Å². The molecule has 84 valence electrons. The third-order valence-corrected chi connectivity index (χ3v) is 4.10. The van der Waals surface area contributed by atoms with Crippen LogP contribution in [0.4, 0.5) is 0 Å². The van der Waals surface area contributed by atoms with Crippen molar-refractivity contribution in [1.82, 2.24) is 4.90 Å². The molecule has 1 nitrogen and oxygen atoms in total. The van der Waals surface area contributed by atoms with Gasteiger partial charge in [-0.2, -0.15) is 0 Å². The minimum atomic E-state index is 0.711. The Balaban J connectivity index is 2.33. The Hall–Kier alpha value is -0.560. The molecule has 2 aliphatic carbocycles. The van der Waals surface area contributed by atoms with Gasteiger partial charge >= 0.3 is 0 Å². The Morgan fingerprint density at radius 1 is 1.13 bits per heavy atom. The van der Waals surface area contributed by atoms with Crippen LogP contribution in [0.3, 0.4) is 0 Å². The van der Waals surface area contributed by atoms with Gasteiger partial charge in [-0.3, -0.25) is 0 Å². The molecule has 0 fully saturated rings. The number of hydrogen-bond donors (Lipinski definition) is 0. The molecule has 0 N–H and O–H groups in total. The fraction of sp³-hybridized carbons (Fsp3) is 0.714. The summed E-state index contributed by atoms with van der Waals surface area (Å²) in [6, 6.07) is 0.735. The lowest BCUT2D eigenvalue weighted by Crippen LogP contribution is -2.39. The largest absolute Gasteiger partial charge is 0.306 e. The highest BCUT2D eigenvalue weighted by Gasteiger charge is 2.31. The lowest BCUT2D eigenvalue weighted by atomic mass is 9.73. The van der Waals surface area contributed by atoms with Crippen molar-refractivity contribution in [2.75, 3.05) is 14.1 Å². The molecule has 0 radical (unpaired) electrons. The van der Waals surface area contributed by atoms with E-state index in [0.717, 1.165) is 6.04 Å². The second-order valence-corrected chi connectivity index (χ2v) is 5.41. The topological polar surface area (TPSA) is 3.24 Å². The average Bonchev–Trinajstić information content (AvgIpc) is 2.17. The summed E-state index contributed by atoms with van der Waals surface area (Å²) in [5.74, 6) is 0.711. The first-order valence-electron chi connectivity index (χ1n) is 6.12. The Bertz CT molecular complexity index is 309. The van der Waals surface area contributed by atoms with Crippen molar-refractivity contribution in [3.8, 4) is 0 Å². The van der Waals surface area contributed by atoms with E-state index in [1.165, 1.54) is 25.7 Å². The van der Waals surface area contributed by atoms with Gasteiger partial charge < -0.3 is 4.90 Å². The first-order chi connectivity index (χ1) is 7.09. The number of nitrogens with zero attached hydrogens (tertiary/aromatic N) is 1.